The van der Waals surface area contributed by atoms with Crippen molar-refractivity contribution in [2.75, 3.05) is 0 Å². The molecule has 0 unspecified atom stereocenters. The Kier molecular flexibility index (Phi) is 3.74. The Morgan fingerprint density at radius 3 is 2.75 bits per heavy atom. The molecule has 0 bridgehead atoms. The maximum absolute atomic E-state index is 13.1. The van der Waals surface area contributed by atoms with Crippen LogP contribution in [0, 0.1) is 22.9 Å². The highest BCUT2D eigenvalue weighted by molar-refractivity contribution is 5.86. The molecular formula is C14H11FN2O3. The topological polar surface area (TPSA) is 75.7 Å². The minimum absolute atomic E-state index is 0.131. The first-order valence-electron chi connectivity index (χ1n) is 5.75. The third-order valence-electron chi connectivity index (χ3n) is 2.74. The van der Waals surface area contributed by atoms with Gasteiger partial charge in [-0.2, -0.15) is 0 Å². The van der Waals surface area contributed by atoms with Crippen LogP contribution in [-0.4, -0.2) is 16.2 Å². The normalized spacial score (nSPS) is 10.9. The van der Waals surface area contributed by atoms with E-state index in [1.54, 1.807) is 13.0 Å². The smallest absolute Gasteiger partial charge is 0.270 e. The second-order valence-electron chi connectivity index (χ2n) is 4.19. The quantitative estimate of drug-likeness (QED) is 0.528. The molecule has 0 saturated heterocycles. The lowest BCUT2D eigenvalue weighted by molar-refractivity contribution is -0.384. The molecule has 0 radical (unpaired) electrons. The van der Waals surface area contributed by atoms with Crippen molar-refractivity contribution in [3.05, 3.63) is 63.5 Å². The molecule has 0 spiro atoms. The first-order valence-corrected chi connectivity index (χ1v) is 5.75. The number of non-ortho nitro benzene ring substituents is 1. The maximum atomic E-state index is 13.1. The lowest BCUT2D eigenvalue weighted by Crippen LogP contribution is -1.90. The number of aliphatic imine (C=N–C) groups is 1. The number of nitrogens with zero attached hydrogens (tertiary/aromatic N) is 2. The Hall–Kier alpha value is -2.76. The fraction of sp³-hybridized carbons (Fsp3) is 0.0714. The molecule has 0 aliphatic heterocycles. The van der Waals surface area contributed by atoms with Crippen molar-refractivity contribution in [2.24, 2.45) is 4.99 Å². The first-order chi connectivity index (χ1) is 9.47. The molecule has 20 heavy (non-hydrogen) atoms. The molecule has 2 rings (SSSR count). The summed E-state index contributed by atoms with van der Waals surface area (Å²) >= 11 is 0. The van der Waals surface area contributed by atoms with Crippen LogP contribution in [-0.2, 0) is 0 Å². The fourth-order valence-electron chi connectivity index (χ4n) is 1.62. The van der Waals surface area contributed by atoms with E-state index in [1.165, 1.54) is 36.5 Å². The minimum atomic E-state index is -0.565. The lowest BCUT2D eigenvalue weighted by Gasteiger charge is -2.01. The Bertz CT molecular complexity index is 699. The van der Waals surface area contributed by atoms with Gasteiger partial charge in [0.1, 0.15) is 11.6 Å². The predicted octanol–water partition coefficient (Wildman–Crippen LogP) is 3.50. The molecule has 1 N–H and O–H groups in total. The number of hydrogen-bond acceptors (Lipinski definition) is 4. The third-order valence-corrected chi connectivity index (χ3v) is 2.74. The van der Waals surface area contributed by atoms with E-state index in [1.807, 2.05) is 0 Å². The van der Waals surface area contributed by atoms with Crippen LogP contribution in [0.25, 0.3) is 0 Å². The van der Waals surface area contributed by atoms with Crippen LogP contribution < -0.4 is 0 Å². The van der Waals surface area contributed by atoms with Gasteiger partial charge in [0.05, 0.1) is 10.6 Å². The van der Waals surface area contributed by atoms with Crippen molar-refractivity contribution in [1.29, 1.82) is 0 Å². The number of phenolic OH excluding ortho intramolecular Hbond substituents is 1. The molecule has 0 aliphatic carbocycles. The summed E-state index contributed by atoms with van der Waals surface area (Å²) in [5.74, 6) is -0.556. The molecule has 0 fully saturated rings. The number of aromatic hydroxyl groups is 1. The molecule has 102 valence electrons. The van der Waals surface area contributed by atoms with Gasteiger partial charge < -0.3 is 5.11 Å². The average Bonchev–Trinajstić information content (AvgIpc) is 2.41. The van der Waals surface area contributed by atoms with E-state index in [0.29, 0.717) is 5.69 Å². The number of rotatable bonds is 3. The van der Waals surface area contributed by atoms with Crippen LogP contribution in [0.5, 0.6) is 5.75 Å². The molecule has 0 aromatic heterocycles. The van der Waals surface area contributed by atoms with Crippen LogP contribution in [0.2, 0.25) is 0 Å². The molecule has 0 aliphatic rings. The van der Waals surface area contributed by atoms with Crippen molar-refractivity contribution >= 4 is 17.6 Å². The SMILES string of the molecule is Cc1ccc(F)cc1N=Cc1cc([N+](=O)[O-])ccc1O. The van der Waals surface area contributed by atoms with E-state index < -0.39 is 10.7 Å². The number of nitro groups is 1. The molecule has 5 nitrogen and oxygen atoms in total. The van der Waals surface area contributed by atoms with Gasteiger partial charge in [-0.1, -0.05) is 6.07 Å². The Morgan fingerprint density at radius 1 is 1.30 bits per heavy atom. The second-order valence-corrected chi connectivity index (χ2v) is 4.19. The summed E-state index contributed by atoms with van der Waals surface area (Å²) in [6.45, 7) is 1.76. The second kappa shape index (κ2) is 5.48. The zero-order valence-electron chi connectivity index (χ0n) is 10.6. The van der Waals surface area contributed by atoms with Gasteiger partial charge in [-0.05, 0) is 30.7 Å². The third kappa shape index (κ3) is 2.97. The highest BCUT2D eigenvalue weighted by Crippen LogP contribution is 2.23. The van der Waals surface area contributed by atoms with Gasteiger partial charge in [-0.15, -0.1) is 0 Å². The zero-order chi connectivity index (χ0) is 14.7. The standard InChI is InChI=1S/C14H11FN2O3/c1-9-2-3-11(15)7-13(9)16-8-10-6-12(17(19)20)4-5-14(10)18/h2-8,18H,1H3. The summed E-state index contributed by atoms with van der Waals surface area (Å²) in [5, 5.41) is 20.3. The van der Waals surface area contributed by atoms with Gasteiger partial charge in [0.2, 0.25) is 0 Å². The molecule has 0 amide bonds. The number of phenols is 1. The maximum Gasteiger partial charge on any atom is 0.270 e. The van der Waals surface area contributed by atoms with E-state index in [-0.39, 0.29) is 17.0 Å². The summed E-state index contributed by atoms with van der Waals surface area (Å²) in [5.41, 5.74) is 1.20. The number of hydrogen-bond donors (Lipinski definition) is 1. The van der Waals surface area contributed by atoms with Gasteiger partial charge >= 0.3 is 0 Å². The van der Waals surface area contributed by atoms with Gasteiger partial charge in [-0.25, -0.2) is 4.39 Å². The lowest BCUT2D eigenvalue weighted by atomic mass is 10.2. The first kappa shape index (κ1) is 13.7. The Balaban J connectivity index is 2.38. The van der Waals surface area contributed by atoms with Crippen LogP contribution >= 0.6 is 0 Å². The van der Waals surface area contributed by atoms with Gasteiger partial charge in [0.25, 0.3) is 5.69 Å². The van der Waals surface area contributed by atoms with Crippen molar-refractivity contribution in [3.8, 4) is 5.75 Å². The highest BCUT2D eigenvalue weighted by Gasteiger charge is 2.08. The summed E-state index contributed by atoms with van der Waals surface area (Å²) in [6.07, 6.45) is 1.27. The average molecular weight is 274 g/mol. The predicted molar refractivity (Wildman–Crippen MR) is 73.2 cm³/mol. The van der Waals surface area contributed by atoms with Gasteiger partial charge in [0, 0.05) is 23.9 Å². The highest BCUT2D eigenvalue weighted by atomic mass is 19.1. The monoisotopic (exact) mass is 274 g/mol. The number of nitro benzene ring substituents is 1. The molecule has 6 heteroatoms. The summed E-state index contributed by atoms with van der Waals surface area (Å²) in [7, 11) is 0. The molecule has 0 atom stereocenters. The van der Waals surface area contributed by atoms with Crippen molar-refractivity contribution in [1.82, 2.24) is 0 Å². The Labute approximate surface area is 114 Å². The number of benzene rings is 2. The van der Waals surface area contributed by atoms with E-state index in [0.717, 1.165) is 5.56 Å². The molecule has 2 aromatic rings. The van der Waals surface area contributed by atoms with Crippen molar-refractivity contribution in [3.63, 3.8) is 0 Å². The van der Waals surface area contributed by atoms with Crippen LogP contribution in [0.3, 0.4) is 0 Å². The summed E-state index contributed by atoms with van der Waals surface area (Å²) in [4.78, 5) is 14.2. The number of aryl methyl sites for hydroxylation is 1. The van der Waals surface area contributed by atoms with Gasteiger partial charge in [0.15, 0.2) is 0 Å². The minimum Gasteiger partial charge on any atom is -0.507 e. The molecule has 0 heterocycles. The fourth-order valence-corrected chi connectivity index (χ4v) is 1.62. The zero-order valence-corrected chi connectivity index (χ0v) is 10.6. The molecule has 0 saturated carbocycles. The number of halogens is 1. The molecular weight excluding hydrogens is 263 g/mol. The van der Waals surface area contributed by atoms with E-state index in [4.69, 9.17) is 0 Å². The summed E-state index contributed by atoms with van der Waals surface area (Å²) < 4.78 is 13.1. The van der Waals surface area contributed by atoms with Crippen LogP contribution in [0.15, 0.2) is 41.4 Å². The largest absolute Gasteiger partial charge is 0.507 e. The van der Waals surface area contributed by atoms with E-state index in [9.17, 15) is 19.6 Å². The van der Waals surface area contributed by atoms with Crippen molar-refractivity contribution < 1.29 is 14.4 Å². The molecule has 2 aromatic carbocycles. The summed E-state index contributed by atoms with van der Waals surface area (Å²) in [6, 6.07) is 7.76. The van der Waals surface area contributed by atoms with Crippen LogP contribution in [0.1, 0.15) is 11.1 Å². The van der Waals surface area contributed by atoms with Crippen molar-refractivity contribution in [2.45, 2.75) is 6.92 Å². The van der Waals surface area contributed by atoms with Crippen LogP contribution in [0.4, 0.5) is 15.8 Å². The van der Waals surface area contributed by atoms with E-state index in [2.05, 4.69) is 4.99 Å². The van der Waals surface area contributed by atoms with Gasteiger partial charge in [-0.3, -0.25) is 15.1 Å². The Morgan fingerprint density at radius 2 is 2.05 bits per heavy atom. The van der Waals surface area contributed by atoms with E-state index >= 15 is 0 Å².